The second-order valence-electron chi connectivity index (χ2n) is 18.6. The minimum atomic E-state index is -2.40. The molecule has 1 spiro atoms. The molecule has 3 N–H and O–H groups in total. The third-order valence-electron chi connectivity index (χ3n) is 13.1. The maximum absolute atomic E-state index is 15.6. The molecule has 18 nitrogen and oxygen atoms in total. The number of ether oxygens (including phenoxy) is 8. The van der Waals surface area contributed by atoms with E-state index in [4.69, 9.17) is 37.9 Å². The van der Waals surface area contributed by atoms with Gasteiger partial charge in [0.2, 0.25) is 11.5 Å². The summed E-state index contributed by atoms with van der Waals surface area (Å²) in [6, 6.07) is 6.36. The van der Waals surface area contributed by atoms with Crippen LogP contribution in [-0.2, 0) is 57.1 Å². The molecule has 2 bridgehead atoms. The number of methoxy groups -OCH3 is 1. The summed E-state index contributed by atoms with van der Waals surface area (Å²) in [4.78, 5) is 97.7. The van der Waals surface area contributed by atoms with Gasteiger partial charge in [-0.1, -0.05) is 64.5 Å². The number of amides is 1. The van der Waals surface area contributed by atoms with Gasteiger partial charge in [0, 0.05) is 24.2 Å². The number of carbonyl (C=O) groups excluding carboxylic acids is 7. The summed E-state index contributed by atoms with van der Waals surface area (Å²) in [6.07, 6.45) is -13.8. The molecule has 62 heavy (non-hydrogen) atoms. The van der Waals surface area contributed by atoms with Crippen molar-refractivity contribution in [2.45, 2.75) is 136 Å². The molecule has 18 heteroatoms. The number of ketones is 1. The Balaban J connectivity index is 1.65. The number of rotatable bonds is 9. The van der Waals surface area contributed by atoms with Crippen molar-refractivity contribution in [3.8, 4) is 0 Å². The van der Waals surface area contributed by atoms with E-state index in [-0.39, 0.29) is 29.7 Å². The first-order chi connectivity index (χ1) is 28.8. The summed E-state index contributed by atoms with van der Waals surface area (Å²) in [5, 5.41) is 26.4. The number of fused-ring (bicyclic) bond motifs is 4. The van der Waals surface area contributed by atoms with Gasteiger partial charge in [0.05, 0.1) is 42.8 Å². The van der Waals surface area contributed by atoms with Crippen LogP contribution < -0.4 is 5.32 Å². The first kappa shape index (κ1) is 46.2. The molecule has 2 aliphatic heterocycles. The molecule has 1 amide bonds. The zero-order valence-electron chi connectivity index (χ0n) is 36.6. The highest BCUT2D eigenvalue weighted by atomic mass is 16.8. The highest BCUT2D eigenvalue weighted by Crippen LogP contribution is 2.67. The Kier molecular flexibility index (Phi) is 12.0. The van der Waals surface area contributed by atoms with Crippen LogP contribution in [-0.4, -0.2) is 126 Å². The number of Topliss-reactive ketones (excluding diaryl/α,β-unsaturated/α-hetero) is 1. The second-order valence-corrected chi connectivity index (χ2v) is 18.6. The largest absolute Gasteiger partial charge is 0.509 e. The normalized spacial score (nSPS) is 34.0. The van der Waals surface area contributed by atoms with Crippen LogP contribution in [0.1, 0.15) is 86.0 Å². The maximum atomic E-state index is 15.6. The number of nitrogens with one attached hydrogen (secondary N) is 1. The minimum absolute atomic E-state index is 0.00532. The molecule has 2 saturated heterocycles. The predicted molar refractivity (Wildman–Crippen MR) is 212 cm³/mol. The first-order valence-electron chi connectivity index (χ1n) is 20.3. The number of hydrogen-bond donors (Lipinski definition) is 3. The van der Waals surface area contributed by atoms with E-state index in [9.17, 15) is 39.0 Å². The summed E-state index contributed by atoms with van der Waals surface area (Å²) in [5.41, 5.74) is -8.66. The molecule has 3 aliphatic carbocycles. The Morgan fingerprint density at radius 2 is 1.63 bits per heavy atom. The molecule has 338 valence electrons. The van der Waals surface area contributed by atoms with Crippen molar-refractivity contribution in [3.63, 3.8) is 0 Å². The van der Waals surface area contributed by atoms with Crippen LogP contribution in [0.3, 0.4) is 0 Å². The van der Waals surface area contributed by atoms with Gasteiger partial charge >= 0.3 is 30.2 Å². The molecule has 12 atom stereocenters. The van der Waals surface area contributed by atoms with Crippen LogP contribution in [0.25, 0.3) is 0 Å². The number of aliphatic hydroxyl groups excluding tert-OH is 2. The van der Waals surface area contributed by atoms with Crippen molar-refractivity contribution in [1.82, 2.24) is 5.32 Å². The summed E-state index contributed by atoms with van der Waals surface area (Å²) in [5.74, 6) is -6.29. The Morgan fingerprint density at radius 1 is 0.984 bits per heavy atom. The van der Waals surface area contributed by atoms with Gasteiger partial charge in [0.1, 0.15) is 6.10 Å². The van der Waals surface area contributed by atoms with Gasteiger partial charge in [-0.15, -0.1) is 0 Å². The molecule has 0 aromatic heterocycles. The van der Waals surface area contributed by atoms with Gasteiger partial charge in [0.15, 0.2) is 41.9 Å². The van der Waals surface area contributed by atoms with E-state index in [0.29, 0.717) is 5.57 Å². The molecular weight excluding hydrogens is 814 g/mol. The number of hydrogen-bond acceptors (Lipinski definition) is 17. The first-order valence-corrected chi connectivity index (χ1v) is 20.3. The van der Waals surface area contributed by atoms with E-state index in [2.05, 4.69) is 5.32 Å². The van der Waals surface area contributed by atoms with Crippen LogP contribution in [0.15, 0.2) is 53.1 Å². The van der Waals surface area contributed by atoms with E-state index in [1.165, 1.54) is 45.9 Å². The van der Waals surface area contributed by atoms with E-state index >= 15 is 4.79 Å². The Morgan fingerprint density at radius 3 is 2.18 bits per heavy atom. The quantitative estimate of drug-likeness (QED) is 0.183. The number of allylic oxidation sites excluding steroid dienone is 1. The van der Waals surface area contributed by atoms with Crippen LogP contribution in [0.5, 0.6) is 0 Å². The topological polar surface area (TPSA) is 246 Å². The number of carbonyl (C=O) groups is 7. The third-order valence-corrected chi connectivity index (χ3v) is 13.1. The predicted octanol–water partition coefficient (Wildman–Crippen LogP) is 3.43. The summed E-state index contributed by atoms with van der Waals surface area (Å²) >= 11 is 0. The molecule has 2 saturated carbocycles. The molecule has 4 fully saturated rings. The fourth-order valence-electron chi connectivity index (χ4n) is 10.0. The van der Waals surface area contributed by atoms with Crippen LogP contribution in [0.4, 0.5) is 9.59 Å². The summed E-state index contributed by atoms with van der Waals surface area (Å²) < 4.78 is 47.5. The third kappa shape index (κ3) is 7.22. The van der Waals surface area contributed by atoms with Gasteiger partial charge < -0.3 is 53.4 Å². The zero-order valence-corrected chi connectivity index (χ0v) is 36.6. The van der Waals surface area contributed by atoms with Gasteiger partial charge in [-0.3, -0.25) is 14.4 Å². The molecule has 1 aromatic rings. The lowest BCUT2D eigenvalue weighted by Crippen LogP contribution is -2.83. The second kappa shape index (κ2) is 16.1. The molecule has 0 radical (unpaired) electrons. The Bertz CT molecular complexity index is 2100. The average molecular weight is 870 g/mol. The Labute approximate surface area is 358 Å². The molecule has 5 aliphatic rings. The van der Waals surface area contributed by atoms with E-state index in [1.807, 2.05) is 0 Å². The van der Waals surface area contributed by atoms with E-state index in [0.717, 1.165) is 14.0 Å². The van der Waals surface area contributed by atoms with Crippen molar-refractivity contribution >= 4 is 41.9 Å². The van der Waals surface area contributed by atoms with Crippen LogP contribution in [0, 0.1) is 22.2 Å². The maximum Gasteiger partial charge on any atom is 0.509 e. The minimum Gasteiger partial charge on any atom is -0.454 e. The van der Waals surface area contributed by atoms with Gasteiger partial charge in [0.25, 0.3) is 0 Å². The van der Waals surface area contributed by atoms with Crippen molar-refractivity contribution < 1.29 is 81.7 Å². The number of esters is 3. The monoisotopic (exact) mass is 869 g/mol. The summed E-state index contributed by atoms with van der Waals surface area (Å²) in [7, 11) is 1.01. The van der Waals surface area contributed by atoms with Crippen molar-refractivity contribution in [2.24, 2.45) is 22.2 Å². The lowest BCUT2D eigenvalue weighted by Gasteiger charge is -2.67. The van der Waals surface area contributed by atoms with Gasteiger partial charge in [-0.25, -0.2) is 19.2 Å². The number of aliphatic hydroxyl groups is 2. The average Bonchev–Trinajstić information content (AvgIpc) is 3.55. The van der Waals surface area contributed by atoms with Gasteiger partial charge in [-0.2, -0.15) is 0 Å². The van der Waals surface area contributed by atoms with E-state index < -0.39 is 124 Å². The molecular formula is C44H55NO17. The molecule has 2 heterocycles. The zero-order chi connectivity index (χ0) is 46.1. The van der Waals surface area contributed by atoms with Gasteiger partial charge in [-0.05, 0) is 51.0 Å². The lowest BCUT2D eigenvalue weighted by atomic mass is 9.44. The standard InChI is InChI=1S/C44H55NO17/c1-20(2)17-24(45-37(52)40(5,6)7)28(48)36(51)57-29-21(3)27-30(58-38(53)55-11)32(49)42(10)25(47)18-26-43(19-56-26,61-22(4)46)31(42)34(59-35(50)23-15-13-12-14-16-23)44(41(27,8)9)33(29)60-39(54)62-44/h12-17,24-26,28-31,33-34,47-48H,18-19H2,1-11H3,(H,45,52)/t24-,25-,26+,28+,29+,30+,31-,33-,34-,42+,43-,44+/m0/s1. The van der Waals surface area contributed by atoms with Crippen molar-refractivity contribution in [1.29, 1.82) is 0 Å². The Hall–Kier alpha value is -5.33. The highest BCUT2D eigenvalue weighted by Gasteiger charge is 2.83. The molecule has 1 aromatic carbocycles. The smallest absolute Gasteiger partial charge is 0.454 e. The summed E-state index contributed by atoms with van der Waals surface area (Å²) in [6.45, 7) is 14.8. The van der Waals surface area contributed by atoms with Crippen LogP contribution >= 0.6 is 0 Å². The van der Waals surface area contributed by atoms with Crippen molar-refractivity contribution in [2.75, 3.05) is 13.7 Å². The van der Waals surface area contributed by atoms with E-state index in [1.54, 1.807) is 52.8 Å². The molecule has 6 rings (SSSR count). The van der Waals surface area contributed by atoms with Crippen LogP contribution in [0.2, 0.25) is 0 Å². The molecule has 0 unspecified atom stereocenters. The fraction of sp³-hybridized carbons (Fsp3) is 0.614. The highest BCUT2D eigenvalue weighted by molar-refractivity contribution is 5.96. The lowest BCUT2D eigenvalue weighted by molar-refractivity contribution is -0.345. The fourth-order valence-corrected chi connectivity index (χ4v) is 10.0. The van der Waals surface area contributed by atoms with Crippen molar-refractivity contribution in [3.05, 3.63) is 58.7 Å². The SMILES string of the molecule is COC(=O)O[C@H]1C(=O)[C@@]2(C)[C@H]([C@H](OC(=O)c3ccccc3)[C@]34OC(=O)O[C@H]3[C@H](OC(=O)[C@H](O)[C@H](C=C(C)C)NC(=O)C(C)(C)C)C(C)=C1C4(C)C)[C@]1(OC(C)=O)CO[C@@H]1C[C@@H]2O. The number of benzene rings is 1.